The van der Waals surface area contributed by atoms with Gasteiger partial charge in [0.25, 0.3) is 0 Å². The first-order chi connectivity index (χ1) is 7.60. The van der Waals surface area contributed by atoms with E-state index >= 15 is 0 Å². The number of halogens is 1. The van der Waals surface area contributed by atoms with Crippen LogP contribution < -0.4 is 0 Å². The Labute approximate surface area is 104 Å². The fourth-order valence-electron chi connectivity index (χ4n) is 1.69. The van der Waals surface area contributed by atoms with Gasteiger partial charge in [-0.25, -0.2) is 0 Å². The first kappa shape index (κ1) is 13.1. The second-order valence-electron chi connectivity index (χ2n) is 4.06. The van der Waals surface area contributed by atoms with Crippen molar-refractivity contribution in [3.05, 3.63) is 47.5 Å². The van der Waals surface area contributed by atoms with Crippen molar-refractivity contribution in [1.29, 1.82) is 0 Å². The lowest BCUT2D eigenvalue weighted by Crippen LogP contribution is -1.94. The molecule has 0 saturated carbocycles. The topological polar surface area (TPSA) is 0 Å². The van der Waals surface area contributed by atoms with Crippen molar-refractivity contribution in [1.82, 2.24) is 0 Å². The summed E-state index contributed by atoms with van der Waals surface area (Å²) in [7, 11) is 0. The Kier molecular flexibility index (Phi) is 4.82. The molecule has 1 aromatic rings. The van der Waals surface area contributed by atoms with Gasteiger partial charge in [-0.15, -0.1) is 0 Å². The normalized spacial score (nSPS) is 13.0. The van der Waals surface area contributed by atoms with E-state index in [2.05, 4.69) is 44.7 Å². The van der Waals surface area contributed by atoms with Gasteiger partial charge < -0.3 is 0 Å². The van der Waals surface area contributed by atoms with Gasteiger partial charge in [0.1, 0.15) is 0 Å². The molecule has 0 nitrogen and oxygen atoms in total. The Morgan fingerprint density at radius 1 is 1.50 bits per heavy atom. The van der Waals surface area contributed by atoms with Crippen molar-refractivity contribution in [2.24, 2.45) is 0 Å². The zero-order valence-electron chi connectivity index (χ0n) is 10.3. The number of rotatable bonds is 4. The van der Waals surface area contributed by atoms with Crippen LogP contribution in [0.5, 0.6) is 0 Å². The lowest BCUT2D eigenvalue weighted by Gasteiger charge is -2.12. The highest BCUT2D eigenvalue weighted by molar-refractivity contribution is 6.48. The highest BCUT2D eigenvalue weighted by Gasteiger charge is 2.07. The van der Waals surface area contributed by atoms with Crippen LogP contribution in [0.3, 0.4) is 0 Å². The SMILES string of the molecule is C=C(Cl)c1ccc(C(C)CC)cc1/C=C\C. The van der Waals surface area contributed by atoms with E-state index in [1.54, 1.807) is 0 Å². The van der Waals surface area contributed by atoms with Crippen molar-refractivity contribution >= 4 is 22.7 Å². The minimum Gasteiger partial charge on any atom is -0.0870 e. The maximum Gasteiger partial charge on any atom is 0.0412 e. The average molecular weight is 235 g/mol. The number of allylic oxidation sites excluding steroid dienone is 1. The maximum absolute atomic E-state index is 5.98. The Morgan fingerprint density at radius 2 is 2.19 bits per heavy atom. The summed E-state index contributed by atoms with van der Waals surface area (Å²) in [5, 5.41) is 0.601. The molecule has 0 amide bonds. The molecule has 86 valence electrons. The lowest BCUT2D eigenvalue weighted by molar-refractivity contribution is 0.733. The van der Waals surface area contributed by atoms with Crippen LogP contribution in [0, 0.1) is 0 Å². The van der Waals surface area contributed by atoms with Crippen LogP contribution in [0.1, 0.15) is 49.8 Å². The van der Waals surface area contributed by atoms with E-state index in [0.29, 0.717) is 11.0 Å². The summed E-state index contributed by atoms with van der Waals surface area (Å²) in [4.78, 5) is 0. The average Bonchev–Trinajstić information content (AvgIpc) is 2.28. The highest BCUT2D eigenvalue weighted by Crippen LogP contribution is 2.27. The molecule has 0 aliphatic carbocycles. The van der Waals surface area contributed by atoms with Crippen LogP contribution in [0.4, 0.5) is 0 Å². The summed E-state index contributed by atoms with van der Waals surface area (Å²) in [6.07, 6.45) is 5.25. The third kappa shape index (κ3) is 2.99. The van der Waals surface area contributed by atoms with Crippen LogP contribution in [0.15, 0.2) is 30.9 Å². The first-order valence-electron chi connectivity index (χ1n) is 5.71. The predicted octanol–water partition coefficient (Wildman–Crippen LogP) is 5.44. The minimum atomic E-state index is 0.585. The largest absolute Gasteiger partial charge is 0.0870 e. The molecular weight excluding hydrogens is 216 g/mol. The van der Waals surface area contributed by atoms with E-state index < -0.39 is 0 Å². The fourth-order valence-corrected chi connectivity index (χ4v) is 1.86. The third-order valence-electron chi connectivity index (χ3n) is 2.90. The van der Waals surface area contributed by atoms with Crippen molar-refractivity contribution in [3.8, 4) is 0 Å². The van der Waals surface area contributed by atoms with Gasteiger partial charge in [-0.2, -0.15) is 0 Å². The smallest absolute Gasteiger partial charge is 0.0412 e. The molecule has 1 atom stereocenters. The molecule has 1 aromatic carbocycles. The molecule has 0 heterocycles. The van der Waals surface area contributed by atoms with Crippen molar-refractivity contribution in [2.75, 3.05) is 0 Å². The van der Waals surface area contributed by atoms with Gasteiger partial charge in [-0.1, -0.05) is 62.4 Å². The standard InChI is InChI=1S/C15H19Cl/c1-5-7-14-10-13(11(3)6-2)8-9-15(14)12(4)16/h5,7-11H,4,6H2,1-3H3/b7-5-. The van der Waals surface area contributed by atoms with Gasteiger partial charge in [0, 0.05) is 5.03 Å². The minimum absolute atomic E-state index is 0.585. The second-order valence-corrected chi connectivity index (χ2v) is 4.52. The molecule has 1 unspecified atom stereocenters. The fraction of sp³-hybridized carbons (Fsp3) is 0.333. The maximum atomic E-state index is 5.98. The van der Waals surface area contributed by atoms with Gasteiger partial charge in [0.15, 0.2) is 0 Å². The molecular formula is C15H19Cl. The van der Waals surface area contributed by atoms with Crippen molar-refractivity contribution in [2.45, 2.75) is 33.1 Å². The summed E-state index contributed by atoms with van der Waals surface area (Å²) in [6.45, 7) is 10.2. The monoisotopic (exact) mass is 234 g/mol. The van der Waals surface area contributed by atoms with Crippen molar-refractivity contribution in [3.63, 3.8) is 0 Å². The Hall–Kier alpha value is -1.01. The van der Waals surface area contributed by atoms with Gasteiger partial charge in [-0.3, -0.25) is 0 Å². The molecule has 0 aliphatic rings. The van der Waals surface area contributed by atoms with E-state index in [4.69, 9.17) is 11.6 Å². The molecule has 16 heavy (non-hydrogen) atoms. The summed E-state index contributed by atoms with van der Waals surface area (Å²) in [6, 6.07) is 6.41. The van der Waals surface area contributed by atoms with Gasteiger partial charge >= 0.3 is 0 Å². The Morgan fingerprint density at radius 3 is 2.69 bits per heavy atom. The second kappa shape index (κ2) is 5.91. The van der Waals surface area contributed by atoms with Crippen LogP contribution in [0.25, 0.3) is 11.1 Å². The molecule has 0 radical (unpaired) electrons. The highest BCUT2D eigenvalue weighted by atomic mass is 35.5. The third-order valence-corrected chi connectivity index (χ3v) is 3.10. The summed E-state index contributed by atoms with van der Waals surface area (Å²) in [5.74, 6) is 0.585. The Bertz CT molecular complexity index is 402. The van der Waals surface area contributed by atoms with Gasteiger partial charge in [0.2, 0.25) is 0 Å². The molecule has 0 spiro atoms. The molecule has 0 N–H and O–H groups in total. The lowest BCUT2D eigenvalue weighted by atomic mass is 9.94. The number of hydrogen-bond acceptors (Lipinski definition) is 0. The van der Waals surface area contributed by atoms with Gasteiger partial charge in [0.05, 0.1) is 0 Å². The number of benzene rings is 1. The summed E-state index contributed by atoms with van der Waals surface area (Å²) >= 11 is 5.98. The molecule has 0 aliphatic heterocycles. The predicted molar refractivity (Wildman–Crippen MR) is 74.7 cm³/mol. The molecule has 1 rings (SSSR count). The molecule has 0 fully saturated rings. The van der Waals surface area contributed by atoms with Crippen LogP contribution >= 0.6 is 11.6 Å². The van der Waals surface area contributed by atoms with Crippen LogP contribution in [-0.4, -0.2) is 0 Å². The molecule has 0 saturated heterocycles. The van der Waals surface area contributed by atoms with E-state index in [0.717, 1.165) is 17.5 Å². The van der Waals surface area contributed by atoms with E-state index in [1.165, 1.54) is 5.56 Å². The van der Waals surface area contributed by atoms with Crippen molar-refractivity contribution < 1.29 is 0 Å². The Balaban J connectivity index is 3.22. The molecule has 0 bridgehead atoms. The van der Waals surface area contributed by atoms with E-state index in [1.807, 2.05) is 13.0 Å². The van der Waals surface area contributed by atoms with Gasteiger partial charge in [-0.05, 0) is 36.0 Å². The van der Waals surface area contributed by atoms with E-state index in [-0.39, 0.29) is 0 Å². The first-order valence-corrected chi connectivity index (χ1v) is 6.09. The zero-order chi connectivity index (χ0) is 12.1. The van der Waals surface area contributed by atoms with Crippen LogP contribution in [0.2, 0.25) is 0 Å². The molecule has 1 heteroatoms. The zero-order valence-corrected chi connectivity index (χ0v) is 11.0. The van der Waals surface area contributed by atoms with E-state index in [9.17, 15) is 0 Å². The number of hydrogen-bond donors (Lipinski definition) is 0. The quantitative estimate of drug-likeness (QED) is 0.651. The molecule has 0 aromatic heterocycles. The van der Waals surface area contributed by atoms with Crippen LogP contribution in [-0.2, 0) is 0 Å². The summed E-state index contributed by atoms with van der Waals surface area (Å²) < 4.78 is 0. The summed E-state index contributed by atoms with van der Waals surface area (Å²) in [5.41, 5.74) is 3.53.